The van der Waals surface area contributed by atoms with Gasteiger partial charge in [0.05, 0.1) is 12.8 Å². The van der Waals surface area contributed by atoms with Gasteiger partial charge >= 0.3 is 0 Å². The molecule has 1 fully saturated rings. The molecule has 0 bridgehead atoms. The second-order valence-electron chi connectivity index (χ2n) is 8.20. The fourth-order valence-corrected chi connectivity index (χ4v) is 4.21. The maximum atomic E-state index is 11.4. The third-order valence-corrected chi connectivity index (χ3v) is 5.99. The van der Waals surface area contributed by atoms with Crippen molar-refractivity contribution in [2.24, 2.45) is 0 Å². The minimum Gasteiger partial charge on any atom is -0.508 e. The van der Waals surface area contributed by atoms with Crippen LogP contribution < -0.4 is 19.7 Å². The Kier molecular flexibility index (Phi) is 7.03. The molecule has 172 valence electrons. The van der Waals surface area contributed by atoms with E-state index in [9.17, 15) is 9.90 Å². The summed E-state index contributed by atoms with van der Waals surface area (Å²) in [4.78, 5) is 13.8. The van der Waals surface area contributed by atoms with Crippen molar-refractivity contribution < 1.29 is 19.4 Å². The number of rotatable bonds is 8. The molecule has 1 aliphatic heterocycles. The Hall–Kier alpha value is -3.67. The first-order valence-corrected chi connectivity index (χ1v) is 11.2. The van der Waals surface area contributed by atoms with Crippen molar-refractivity contribution in [3.05, 3.63) is 71.8 Å². The smallest absolute Gasteiger partial charge is 0.257 e. The molecular weight excluding hydrogens is 416 g/mol. The third kappa shape index (κ3) is 5.40. The van der Waals surface area contributed by atoms with Crippen molar-refractivity contribution >= 4 is 11.6 Å². The Morgan fingerprint density at radius 1 is 1.03 bits per heavy atom. The van der Waals surface area contributed by atoms with Gasteiger partial charge in [0.25, 0.3) is 5.91 Å². The Labute approximate surface area is 194 Å². The van der Waals surface area contributed by atoms with E-state index in [0.29, 0.717) is 12.2 Å². The summed E-state index contributed by atoms with van der Waals surface area (Å²) in [7, 11) is 3.30. The highest BCUT2D eigenvalue weighted by Crippen LogP contribution is 2.34. The molecule has 33 heavy (non-hydrogen) atoms. The SMILES string of the molecule is CNC(=O)COc1ccc(-c2cc(O)ccc2Cc2ccc(N3CCCC3)c(OC)c2)cc1. The van der Waals surface area contributed by atoms with Gasteiger partial charge in [-0.3, -0.25) is 4.79 Å². The highest BCUT2D eigenvalue weighted by atomic mass is 16.5. The van der Waals surface area contributed by atoms with Gasteiger partial charge in [0, 0.05) is 20.1 Å². The second-order valence-corrected chi connectivity index (χ2v) is 8.20. The molecule has 0 atom stereocenters. The number of ether oxygens (including phenoxy) is 2. The molecule has 1 heterocycles. The van der Waals surface area contributed by atoms with Crippen molar-refractivity contribution in [1.29, 1.82) is 0 Å². The summed E-state index contributed by atoms with van der Waals surface area (Å²) in [5.74, 6) is 1.55. The van der Waals surface area contributed by atoms with E-state index < -0.39 is 0 Å². The zero-order valence-electron chi connectivity index (χ0n) is 19.1. The number of benzene rings is 3. The van der Waals surface area contributed by atoms with Crippen LogP contribution in [-0.4, -0.2) is 44.9 Å². The fourth-order valence-electron chi connectivity index (χ4n) is 4.21. The number of phenolic OH excluding ortho intramolecular Hbond substituents is 1. The minimum absolute atomic E-state index is 0.0253. The van der Waals surface area contributed by atoms with Crippen LogP contribution in [0.4, 0.5) is 5.69 Å². The standard InChI is InChI=1S/C27H30N2O4/c1-28-27(31)18-33-23-10-7-20(8-11-23)24-17-22(30)9-6-21(24)15-19-5-12-25(26(16-19)32-2)29-13-3-4-14-29/h5-12,16-17,30H,3-4,13-15,18H2,1-2H3,(H,28,31). The first kappa shape index (κ1) is 22.5. The molecule has 1 saturated heterocycles. The summed E-state index contributed by atoms with van der Waals surface area (Å²) in [6, 6.07) is 19.4. The Morgan fingerprint density at radius 2 is 1.79 bits per heavy atom. The van der Waals surface area contributed by atoms with Gasteiger partial charge in [-0.15, -0.1) is 0 Å². The zero-order valence-corrected chi connectivity index (χ0v) is 19.1. The monoisotopic (exact) mass is 446 g/mol. The quantitative estimate of drug-likeness (QED) is 0.537. The molecule has 4 rings (SSSR count). The number of carbonyl (C=O) groups excluding carboxylic acids is 1. The molecule has 0 aromatic heterocycles. The first-order valence-electron chi connectivity index (χ1n) is 11.2. The number of methoxy groups -OCH3 is 1. The lowest BCUT2D eigenvalue weighted by Gasteiger charge is -2.21. The highest BCUT2D eigenvalue weighted by molar-refractivity contribution is 5.77. The van der Waals surface area contributed by atoms with Gasteiger partial charge in [-0.1, -0.05) is 24.3 Å². The number of nitrogens with one attached hydrogen (secondary N) is 1. The molecule has 0 aliphatic carbocycles. The summed E-state index contributed by atoms with van der Waals surface area (Å²) in [6.45, 7) is 2.11. The van der Waals surface area contributed by atoms with Gasteiger partial charge in [0.1, 0.15) is 17.2 Å². The topological polar surface area (TPSA) is 71.0 Å². The molecule has 0 saturated carbocycles. The Balaban J connectivity index is 1.57. The Morgan fingerprint density at radius 3 is 2.48 bits per heavy atom. The molecule has 6 heteroatoms. The van der Waals surface area contributed by atoms with E-state index in [-0.39, 0.29) is 18.3 Å². The predicted molar refractivity (Wildman–Crippen MR) is 130 cm³/mol. The number of nitrogens with zero attached hydrogens (tertiary/aromatic N) is 1. The molecular formula is C27H30N2O4. The number of carbonyl (C=O) groups is 1. The molecule has 2 N–H and O–H groups in total. The summed E-state index contributed by atoms with van der Waals surface area (Å²) >= 11 is 0. The summed E-state index contributed by atoms with van der Waals surface area (Å²) < 4.78 is 11.2. The average Bonchev–Trinajstić information content (AvgIpc) is 3.38. The fraction of sp³-hybridized carbons (Fsp3) is 0.296. The van der Waals surface area contributed by atoms with E-state index in [4.69, 9.17) is 9.47 Å². The molecule has 1 amide bonds. The van der Waals surface area contributed by atoms with Crippen LogP contribution in [0.25, 0.3) is 11.1 Å². The van der Waals surface area contributed by atoms with E-state index in [2.05, 4.69) is 28.4 Å². The summed E-state index contributed by atoms with van der Waals surface area (Å²) in [5, 5.41) is 12.7. The molecule has 1 aliphatic rings. The largest absolute Gasteiger partial charge is 0.508 e. The average molecular weight is 447 g/mol. The maximum Gasteiger partial charge on any atom is 0.257 e. The van der Waals surface area contributed by atoms with Crippen LogP contribution in [-0.2, 0) is 11.2 Å². The van der Waals surface area contributed by atoms with Crippen LogP contribution in [0.15, 0.2) is 60.7 Å². The molecule has 0 radical (unpaired) electrons. The van der Waals surface area contributed by atoms with Gasteiger partial charge in [-0.25, -0.2) is 0 Å². The van der Waals surface area contributed by atoms with Gasteiger partial charge in [-0.05, 0) is 77.9 Å². The molecule has 6 nitrogen and oxygen atoms in total. The number of hydrogen-bond donors (Lipinski definition) is 2. The molecule has 3 aromatic rings. The Bertz CT molecular complexity index is 1110. The number of amides is 1. The number of aromatic hydroxyl groups is 1. The van der Waals surface area contributed by atoms with Gasteiger partial charge in [0.15, 0.2) is 6.61 Å². The summed E-state index contributed by atoms with van der Waals surface area (Å²) in [6.07, 6.45) is 3.15. The van der Waals surface area contributed by atoms with Crippen LogP contribution in [0, 0.1) is 0 Å². The van der Waals surface area contributed by atoms with E-state index in [1.807, 2.05) is 30.3 Å². The van der Waals surface area contributed by atoms with Crippen LogP contribution in [0.5, 0.6) is 17.2 Å². The zero-order chi connectivity index (χ0) is 23.2. The van der Waals surface area contributed by atoms with Crippen molar-refractivity contribution in [2.45, 2.75) is 19.3 Å². The lowest BCUT2D eigenvalue weighted by molar-refractivity contribution is -0.122. The van der Waals surface area contributed by atoms with E-state index >= 15 is 0 Å². The van der Waals surface area contributed by atoms with Crippen molar-refractivity contribution in [3.63, 3.8) is 0 Å². The lowest BCUT2D eigenvalue weighted by atomic mass is 9.94. The van der Waals surface area contributed by atoms with Crippen molar-refractivity contribution in [2.75, 3.05) is 38.8 Å². The highest BCUT2D eigenvalue weighted by Gasteiger charge is 2.17. The first-order chi connectivity index (χ1) is 16.1. The third-order valence-electron chi connectivity index (χ3n) is 5.99. The van der Waals surface area contributed by atoms with Gasteiger partial charge in [-0.2, -0.15) is 0 Å². The lowest BCUT2D eigenvalue weighted by Crippen LogP contribution is -2.24. The van der Waals surface area contributed by atoms with Crippen LogP contribution in [0.3, 0.4) is 0 Å². The molecule has 3 aromatic carbocycles. The normalized spacial score (nSPS) is 13.1. The van der Waals surface area contributed by atoms with Crippen LogP contribution >= 0.6 is 0 Å². The molecule has 0 spiro atoms. The van der Waals surface area contributed by atoms with Crippen molar-refractivity contribution in [1.82, 2.24) is 5.32 Å². The minimum atomic E-state index is -0.180. The maximum absolute atomic E-state index is 11.4. The van der Waals surface area contributed by atoms with Gasteiger partial charge < -0.3 is 24.8 Å². The van der Waals surface area contributed by atoms with Gasteiger partial charge in [0.2, 0.25) is 0 Å². The van der Waals surface area contributed by atoms with E-state index in [0.717, 1.165) is 46.8 Å². The number of phenols is 1. The predicted octanol–water partition coefficient (Wildman–Crippen LogP) is 4.38. The summed E-state index contributed by atoms with van der Waals surface area (Å²) in [5.41, 5.74) is 5.32. The number of anilines is 1. The van der Waals surface area contributed by atoms with E-state index in [1.54, 1.807) is 26.3 Å². The number of likely N-dealkylation sites (N-methyl/N-ethyl adjacent to an activating group) is 1. The number of hydrogen-bond acceptors (Lipinski definition) is 5. The second kappa shape index (κ2) is 10.3. The van der Waals surface area contributed by atoms with Crippen LogP contribution in [0.1, 0.15) is 24.0 Å². The van der Waals surface area contributed by atoms with Crippen molar-refractivity contribution in [3.8, 4) is 28.4 Å². The van der Waals surface area contributed by atoms with E-state index in [1.165, 1.54) is 12.8 Å². The van der Waals surface area contributed by atoms with Crippen LogP contribution in [0.2, 0.25) is 0 Å². The molecule has 0 unspecified atom stereocenters.